The number of hydrogen-bond donors (Lipinski definition) is 2. The smallest absolute Gasteiger partial charge is 0.716 e. The first-order valence-electron chi connectivity index (χ1n) is 7.46. The quantitative estimate of drug-likeness (QED) is 0.325. The summed E-state index contributed by atoms with van der Waals surface area (Å²) in [6, 6.07) is 1.03. The van der Waals surface area contributed by atoms with Crippen LogP contribution in [0.25, 0.3) is 12.2 Å². The molecule has 0 heterocycles. The maximum atomic E-state index is 10.6. The molecule has 110 valence electrons. The summed E-state index contributed by atoms with van der Waals surface area (Å²) in [6.07, 6.45) is 2.44. The van der Waals surface area contributed by atoms with Gasteiger partial charge in [0.25, 0.3) is 10.4 Å². The normalized spacial score (nSPS) is 13.7. The van der Waals surface area contributed by atoms with E-state index in [1.165, 1.54) is 18.2 Å². The third kappa shape index (κ3) is 6.08. The predicted molar refractivity (Wildman–Crippen MR) is 75.5 cm³/mol. The van der Waals surface area contributed by atoms with Crippen molar-refractivity contribution in [1.29, 1.82) is 0 Å². The molecule has 0 aliphatic carbocycles. The summed E-state index contributed by atoms with van der Waals surface area (Å²) >= 11 is 0. The van der Waals surface area contributed by atoms with Gasteiger partial charge in [0.1, 0.15) is 17.2 Å². The Kier molecular flexibility index (Phi) is 4.52. The number of phenolic OH excluding ortho intramolecular Hbond substituents is 2. The zero-order valence-corrected chi connectivity index (χ0v) is 14.1. The van der Waals surface area contributed by atoms with Crippen LogP contribution in [0.2, 0.25) is 0 Å². The molecule has 2 rings (SSSR count). The molecule has 2 aromatic rings. The van der Waals surface area contributed by atoms with Gasteiger partial charge in [-0.15, -0.1) is 0 Å². The summed E-state index contributed by atoms with van der Waals surface area (Å²) in [5.74, 6) is -1.60. The largest absolute Gasteiger partial charge is 1.00 e. The van der Waals surface area contributed by atoms with Crippen molar-refractivity contribution < 1.29 is 62.4 Å². The maximum Gasteiger partial charge on any atom is 1.00 e. The van der Waals surface area contributed by atoms with Crippen LogP contribution in [0, 0.1) is 0 Å². The van der Waals surface area contributed by atoms with Crippen LogP contribution in [-0.4, -0.2) is 23.2 Å². The molecule has 0 aliphatic heterocycles. The average Bonchev–Trinajstić information content (AvgIpc) is 2.49. The van der Waals surface area contributed by atoms with Gasteiger partial charge in [0.05, 0.1) is 5.48 Å². The monoisotopic (exact) mass is 334 g/mol. The van der Waals surface area contributed by atoms with Gasteiger partial charge in [-0.1, -0.05) is 24.2 Å². The van der Waals surface area contributed by atoms with Gasteiger partial charge in [0.15, 0.2) is 0 Å². The van der Waals surface area contributed by atoms with Crippen molar-refractivity contribution in [1.82, 2.24) is 0 Å². The van der Waals surface area contributed by atoms with Gasteiger partial charge >= 0.3 is 29.6 Å². The van der Waals surface area contributed by atoms with E-state index in [2.05, 4.69) is 4.18 Å². The van der Waals surface area contributed by atoms with E-state index < -0.39 is 51.8 Å². The Bertz CT molecular complexity index is 949. The Balaban J connectivity index is 0.00000338. The Labute approximate surface area is 155 Å². The second-order valence-electron chi connectivity index (χ2n) is 3.85. The summed E-state index contributed by atoms with van der Waals surface area (Å²) in [5, 5.41) is 19.0. The molecule has 2 N–H and O–H groups in total. The van der Waals surface area contributed by atoms with Gasteiger partial charge < -0.3 is 18.9 Å². The fraction of sp³-hybridized carbons (Fsp3) is 0. The molecule has 22 heavy (non-hydrogen) atoms. The van der Waals surface area contributed by atoms with Crippen LogP contribution in [0.1, 0.15) is 16.6 Å². The van der Waals surface area contributed by atoms with Crippen molar-refractivity contribution in [3.05, 3.63) is 53.5 Å². The Hall–Kier alpha value is -1.51. The number of phenols is 2. The SMILES string of the molecule is [2H]c1c([2H])c(/C=C/c2cc(O)cc(OS(=O)(=O)[O-])c2)c([2H])c([2H])c1O.[Na+]. The minimum atomic E-state index is -5.03. The second-order valence-corrected chi connectivity index (χ2v) is 4.83. The van der Waals surface area contributed by atoms with Gasteiger partial charge in [-0.2, -0.15) is 0 Å². The molecule has 0 atom stereocenters. The van der Waals surface area contributed by atoms with Crippen molar-refractivity contribution in [3.63, 3.8) is 0 Å². The van der Waals surface area contributed by atoms with Crippen LogP contribution >= 0.6 is 0 Å². The molecule has 0 bridgehead atoms. The Morgan fingerprint density at radius 3 is 2.18 bits per heavy atom. The predicted octanol–water partition coefficient (Wildman–Crippen LogP) is -0.889. The minimum absolute atomic E-state index is 0. The van der Waals surface area contributed by atoms with Crippen molar-refractivity contribution in [2.24, 2.45) is 0 Å². The minimum Gasteiger partial charge on any atom is -0.716 e. The summed E-state index contributed by atoms with van der Waals surface area (Å²) in [5.41, 5.74) is 0.0404. The van der Waals surface area contributed by atoms with Crippen molar-refractivity contribution in [2.45, 2.75) is 0 Å². The first-order chi connectivity index (χ1) is 11.5. The van der Waals surface area contributed by atoms with E-state index in [4.69, 9.17) is 5.48 Å². The fourth-order valence-corrected chi connectivity index (χ4v) is 1.78. The zero-order chi connectivity index (χ0) is 18.9. The standard InChI is InChI=1S/C14H12O6S.Na/c15-12-5-3-10(4-6-12)1-2-11-7-13(16)9-14(8-11)20-21(17,18)19;/h1-9,15-16H,(H,17,18,19);/q;+1/p-1/b2-1+;/i3D,4D,5D,6D;. The number of aromatic hydroxyl groups is 2. The summed E-state index contributed by atoms with van der Waals surface area (Å²) in [7, 11) is -5.03. The van der Waals surface area contributed by atoms with Crippen molar-refractivity contribution in [3.8, 4) is 17.2 Å². The van der Waals surface area contributed by atoms with Crippen molar-refractivity contribution >= 4 is 22.6 Å². The molecule has 0 saturated carbocycles. The van der Waals surface area contributed by atoms with Gasteiger partial charge in [0.2, 0.25) is 0 Å². The number of hydrogen-bond acceptors (Lipinski definition) is 6. The second kappa shape index (κ2) is 7.66. The van der Waals surface area contributed by atoms with E-state index in [1.807, 2.05) is 0 Å². The van der Waals surface area contributed by atoms with Crippen LogP contribution in [0.5, 0.6) is 17.2 Å². The Morgan fingerprint density at radius 2 is 1.59 bits per heavy atom. The number of rotatable bonds is 4. The molecule has 0 spiro atoms. The van der Waals surface area contributed by atoms with Crippen LogP contribution in [-0.2, 0) is 10.4 Å². The molecule has 0 amide bonds. The van der Waals surface area contributed by atoms with Gasteiger partial charge in [-0.3, -0.25) is 0 Å². The molecule has 0 radical (unpaired) electrons. The molecule has 0 aromatic heterocycles. The third-order valence-electron chi connectivity index (χ3n) is 2.19. The topological polar surface area (TPSA) is 107 Å². The molecule has 6 nitrogen and oxygen atoms in total. The summed E-state index contributed by atoms with van der Waals surface area (Å²) in [6.45, 7) is 0. The van der Waals surface area contributed by atoms with Gasteiger partial charge in [0, 0.05) is 6.07 Å². The van der Waals surface area contributed by atoms with E-state index in [1.54, 1.807) is 0 Å². The fourth-order valence-electron chi connectivity index (χ4n) is 1.45. The van der Waals surface area contributed by atoms with E-state index in [9.17, 15) is 23.2 Å². The molecule has 2 aromatic carbocycles. The number of benzene rings is 2. The van der Waals surface area contributed by atoms with Crippen LogP contribution in [0.3, 0.4) is 0 Å². The maximum absolute atomic E-state index is 10.6. The van der Waals surface area contributed by atoms with Gasteiger partial charge in [-0.25, -0.2) is 8.42 Å². The Morgan fingerprint density at radius 1 is 1.00 bits per heavy atom. The third-order valence-corrected chi connectivity index (χ3v) is 2.58. The summed E-state index contributed by atoms with van der Waals surface area (Å²) < 4.78 is 66.5. The molecular formula is C14H11NaO6S. The van der Waals surface area contributed by atoms with Crippen molar-refractivity contribution in [2.75, 3.05) is 0 Å². The molecule has 0 aliphatic rings. The zero-order valence-electron chi connectivity index (χ0n) is 15.3. The van der Waals surface area contributed by atoms with Crippen LogP contribution < -0.4 is 33.7 Å². The molecule has 0 fully saturated rings. The van der Waals surface area contributed by atoms with E-state index in [0.29, 0.717) is 0 Å². The van der Waals surface area contributed by atoms with Crippen LogP contribution in [0.4, 0.5) is 0 Å². The molecule has 8 heteroatoms. The molecule has 0 saturated heterocycles. The molecule has 0 unspecified atom stereocenters. The van der Waals surface area contributed by atoms with Gasteiger partial charge in [-0.05, 0) is 35.3 Å². The average molecular weight is 334 g/mol. The molecular weight excluding hydrogens is 319 g/mol. The summed E-state index contributed by atoms with van der Waals surface area (Å²) in [4.78, 5) is 0. The first-order valence-corrected chi connectivity index (χ1v) is 6.79. The van der Waals surface area contributed by atoms with E-state index in [-0.39, 0.29) is 40.7 Å². The van der Waals surface area contributed by atoms with Crippen LogP contribution in [0.15, 0.2) is 42.4 Å². The first kappa shape index (κ1) is 13.0. The van der Waals surface area contributed by atoms with E-state index in [0.717, 1.165) is 12.1 Å². The van der Waals surface area contributed by atoms with E-state index >= 15 is 0 Å².